The molecule has 0 spiro atoms. The number of hydrogen-bond donors (Lipinski definition) is 1. The molecule has 1 aliphatic rings. The molecule has 0 saturated carbocycles. The summed E-state index contributed by atoms with van der Waals surface area (Å²) in [6, 6.07) is 7.00. The Hall–Kier alpha value is -1.42. The minimum absolute atomic E-state index is 0.119. The summed E-state index contributed by atoms with van der Waals surface area (Å²) in [6.45, 7) is 0.643. The summed E-state index contributed by atoms with van der Waals surface area (Å²) >= 11 is 1.13. The van der Waals surface area contributed by atoms with E-state index in [1.807, 2.05) is 0 Å². The molecular weight excluding hydrogens is 352 g/mol. The topological polar surface area (TPSA) is 98.5 Å². The van der Waals surface area contributed by atoms with Crippen molar-refractivity contribution in [1.29, 1.82) is 0 Å². The normalized spacial score (nSPS) is 22.9. The lowest BCUT2D eigenvalue weighted by Gasteiger charge is -2.16. The van der Waals surface area contributed by atoms with Crippen molar-refractivity contribution in [2.45, 2.75) is 23.1 Å². The van der Waals surface area contributed by atoms with Gasteiger partial charge < -0.3 is 9.84 Å². The van der Waals surface area contributed by atoms with Crippen LogP contribution in [0.15, 0.2) is 34.2 Å². The molecule has 1 aliphatic heterocycles. The van der Waals surface area contributed by atoms with Crippen molar-refractivity contribution in [2.24, 2.45) is 0 Å². The van der Waals surface area contributed by atoms with Gasteiger partial charge in [0, 0.05) is 7.11 Å². The molecule has 1 saturated heterocycles. The first-order valence-corrected chi connectivity index (χ1v) is 10.1. The van der Waals surface area contributed by atoms with Gasteiger partial charge in [0.1, 0.15) is 0 Å². The first-order chi connectivity index (χ1) is 11.4. The maximum atomic E-state index is 12.7. The van der Waals surface area contributed by atoms with Crippen molar-refractivity contribution in [3.63, 3.8) is 0 Å². The third-order valence-electron chi connectivity index (χ3n) is 3.87. The van der Waals surface area contributed by atoms with Crippen molar-refractivity contribution in [1.82, 2.24) is 9.55 Å². The van der Waals surface area contributed by atoms with Gasteiger partial charge in [-0.2, -0.15) is 0 Å². The van der Waals surface area contributed by atoms with Crippen molar-refractivity contribution < 1.29 is 18.3 Å². The summed E-state index contributed by atoms with van der Waals surface area (Å²) in [7, 11) is -1.72. The zero-order chi connectivity index (χ0) is 17.3. The van der Waals surface area contributed by atoms with E-state index in [1.165, 1.54) is 4.57 Å². The zero-order valence-electron chi connectivity index (χ0n) is 13.1. The van der Waals surface area contributed by atoms with Crippen molar-refractivity contribution >= 4 is 32.5 Å². The number of thioether (sulfide) groups is 1. The fraction of sp³-hybridized carbons (Fsp3) is 0.467. The molecule has 0 radical (unpaired) electrons. The van der Waals surface area contributed by atoms with Gasteiger partial charge in [-0.05, 0) is 12.1 Å². The van der Waals surface area contributed by atoms with E-state index in [9.17, 15) is 18.3 Å². The highest BCUT2D eigenvalue weighted by Crippen LogP contribution is 2.30. The molecular formula is C15H18N2O5S2. The lowest BCUT2D eigenvalue weighted by atomic mass is 10.2. The van der Waals surface area contributed by atoms with E-state index in [0.717, 1.165) is 11.8 Å². The Morgan fingerprint density at radius 2 is 2.12 bits per heavy atom. The number of nitrogens with zero attached hydrogens (tertiary/aromatic N) is 2. The number of rotatable bonds is 5. The van der Waals surface area contributed by atoms with Gasteiger partial charge in [0.15, 0.2) is 15.0 Å². The molecule has 1 aromatic heterocycles. The number of hydrogen-bond acceptors (Lipinski definition) is 7. The van der Waals surface area contributed by atoms with E-state index in [1.54, 1.807) is 31.4 Å². The third-order valence-corrected chi connectivity index (χ3v) is 7.11. The van der Waals surface area contributed by atoms with Gasteiger partial charge in [-0.15, -0.1) is 0 Å². The molecule has 2 heterocycles. The summed E-state index contributed by atoms with van der Waals surface area (Å²) in [4.78, 5) is 17.2. The van der Waals surface area contributed by atoms with E-state index in [-0.39, 0.29) is 17.1 Å². The number of aliphatic hydroxyl groups is 1. The first kappa shape index (κ1) is 17.4. The van der Waals surface area contributed by atoms with Gasteiger partial charge in [-0.25, -0.2) is 13.4 Å². The molecule has 9 heteroatoms. The molecule has 1 aromatic carbocycles. The fourth-order valence-electron chi connectivity index (χ4n) is 2.66. The quantitative estimate of drug-likeness (QED) is 0.756. The van der Waals surface area contributed by atoms with Crippen LogP contribution in [0.25, 0.3) is 10.9 Å². The average Bonchev–Trinajstić information content (AvgIpc) is 2.79. The Bertz CT molecular complexity index is 910. The summed E-state index contributed by atoms with van der Waals surface area (Å²) in [6.07, 6.45) is -0.959. The highest BCUT2D eigenvalue weighted by molar-refractivity contribution is 8.01. The van der Waals surface area contributed by atoms with Crippen molar-refractivity contribution in [3.05, 3.63) is 34.6 Å². The molecule has 1 N–H and O–H groups in total. The number of sulfone groups is 1. The Labute approximate surface area is 143 Å². The first-order valence-electron chi connectivity index (χ1n) is 7.45. The molecule has 130 valence electrons. The van der Waals surface area contributed by atoms with Crippen LogP contribution in [0.2, 0.25) is 0 Å². The van der Waals surface area contributed by atoms with Crippen molar-refractivity contribution in [2.75, 3.05) is 25.2 Å². The SMILES string of the molecule is COCCn1c(S[C@H]2CS(=O)(=O)C[C@@H]2O)nc2ccccc2c1=O. The van der Waals surface area contributed by atoms with E-state index in [2.05, 4.69) is 4.98 Å². The van der Waals surface area contributed by atoms with Crippen LogP contribution in [-0.2, 0) is 21.1 Å². The molecule has 0 amide bonds. The van der Waals surface area contributed by atoms with E-state index >= 15 is 0 Å². The maximum Gasteiger partial charge on any atom is 0.262 e. The summed E-state index contributed by atoms with van der Waals surface area (Å²) in [5, 5.41) is 10.4. The van der Waals surface area contributed by atoms with Crippen molar-refractivity contribution in [3.8, 4) is 0 Å². The number of ether oxygens (including phenoxy) is 1. The number of para-hydroxylation sites is 1. The number of methoxy groups -OCH3 is 1. The second-order valence-corrected chi connectivity index (χ2v) is 9.02. The van der Waals surface area contributed by atoms with Gasteiger partial charge >= 0.3 is 0 Å². The number of aromatic nitrogens is 2. The Morgan fingerprint density at radius 1 is 1.38 bits per heavy atom. The minimum atomic E-state index is -3.26. The van der Waals surface area contributed by atoms with E-state index in [4.69, 9.17) is 4.74 Å². The zero-order valence-corrected chi connectivity index (χ0v) is 14.7. The largest absolute Gasteiger partial charge is 0.391 e. The summed E-state index contributed by atoms with van der Waals surface area (Å²) < 4.78 is 29.9. The molecule has 0 aliphatic carbocycles. The fourth-order valence-corrected chi connectivity index (χ4v) is 6.27. The van der Waals surface area contributed by atoms with Crippen LogP contribution < -0.4 is 5.56 Å². The Morgan fingerprint density at radius 3 is 2.79 bits per heavy atom. The van der Waals surface area contributed by atoms with Crippen LogP contribution in [0.1, 0.15) is 0 Å². The second kappa shape index (κ2) is 6.83. The number of benzene rings is 1. The van der Waals surface area contributed by atoms with Crippen LogP contribution >= 0.6 is 11.8 Å². The van der Waals surface area contributed by atoms with Gasteiger partial charge in [0.25, 0.3) is 5.56 Å². The van der Waals surface area contributed by atoms with Gasteiger partial charge in [-0.1, -0.05) is 23.9 Å². The molecule has 0 bridgehead atoms. The summed E-state index contributed by atoms with van der Waals surface area (Å²) in [5.74, 6) is -0.369. The van der Waals surface area contributed by atoms with Crippen LogP contribution in [0.4, 0.5) is 0 Å². The molecule has 2 aromatic rings. The highest BCUT2D eigenvalue weighted by atomic mass is 32.2. The van der Waals surface area contributed by atoms with Crippen LogP contribution in [-0.4, -0.2) is 59.7 Å². The predicted molar refractivity (Wildman–Crippen MR) is 92.2 cm³/mol. The monoisotopic (exact) mass is 370 g/mol. The lowest BCUT2D eigenvalue weighted by molar-refractivity contribution is 0.183. The standard InChI is InChI=1S/C15H18N2O5S2/c1-22-7-6-17-14(19)10-4-2-3-5-11(10)16-15(17)23-13-9-24(20,21)8-12(13)18/h2-5,12-13,18H,6-9H2,1H3/t12-,13-/m0/s1. The summed E-state index contributed by atoms with van der Waals surface area (Å²) in [5.41, 5.74) is 0.351. The lowest BCUT2D eigenvalue weighted by Crippen LogP contribution is -2.27. The number of fused-ring (bicyclic) bond motifs is 1. The van der Waals surface area contributed by atoms with Gasteiger partial charge in [0.05, 0.1) is 46.9 Å². The molecule has 7 nitrogen and oxygen atoms in total. The van der Waals surface area contributed by atoms with Crippen LogP contribution in [0.5, 0.6) is 0 Å². The van der Waals surface area contributed by atoms with Crippen LogP contribution in [0.3, 0.4) is 0 Å². The highest BCUT2D eigenvalue weighted by Gasteiger charge is 2.38. The Kier molecular flexibility index (Phi) is 4.95. The van der Waals surface area contributed by atoms with E-state index in [0.29, 0.717) is 29.2 Å². The maximum absolute atomic E-state index is 12.7. The van der Waals surface area contributed by atoms with E-state index < -0.39 is 21.2 Å². The molecule has 24 heavy (non-hydrogen) atoms. The molecule has 3 rings (SSSR count). The molecule has 1 fully saturated rings. The Balaban J connectivity index is 2.03. The third kappa shape index (κ3) is 3.49. The molecule has 2 atom stereocenters. The predicted octanol–water partition coefficient (Wildman–Crippen LogP) is 0.293. The molecule has 0 unspecified atom stereocenters. The smallest absolute Gasteiger partial charge is 0.262 e. The van der Waals surface area contributed by atoms with Crippen LogP contribution in [0, 0.1) is 0 Å². The van der Waals surface area contributed by atoms with Gasteiger partial charge in [0.2, 0.25) is 0 Å². The number of aliphatic hydroxyl groups excluding tert-OH is 1. The van der Waals surface area contributed by atoms with Gasteiger partial charge in [-0.3, -0.25) is 9.36 Å². The second-order valence-electron chi connectivity index (χ2n) is 5.66. The minimum Gasteiger partial charge on any atom is -0.391 e. The average molecular weight is 370 g/mol.